The molecule has 0 spiro atoms. The van der Waals surface area contributed by atoms with Gasteiger partial charge in [0.1, 0.15) is 24.2 Å². The lowest BCUT2D eigenvalue weighted by atomic mass is 9.93. The summed E-state index contributed by atoms with van der Waals surface area (Å²) >= 11 is 0. The maximum atomic E-state index is 11.1. The van der Waals surface area contributed by atoms with Crippen LogP contribution in [-0.2, 0) is 34.8 Å². The van der Waals surface area contributed by atoms with Crippen LogP contribution < -0.4 is 4.74 Å². The van der Waals surface area contributed by atoms with Crippen LogP contribution in [0.25, 0.3) is 0 Å². The highest BCUT2D eigenvalue weighted by Crippen LogP contribution is 2.42. The molecule has 206 valence electrons. The van der Waals surface area contributed by atoms with Gasteiger partial charge in [-0.25, -0.2) is 0 Å². The molecule has 0 saturated carbocycles. The van der Waals surface area contributed by atoms with E-state index in [-0.39, 0.29) is 35.4 Å². The maximum absolute atomic E-state index is 11.1. The fourth-order valence-corrected chi connectivity index (χ4v) is 5.61. The van der Waals surface area contributed by atoms with Crippen molar-refractivity contribution in [3.8, 4) is 5.75 Å². The number of benzene rings is 1. The van der Waals surface area contributed by atoms with Crippen molar-refractivity contribution in [2.24, 2.45) is 5.92 Å². The number of carbonyl (C=O) groups is 1. The summed E-state index contributed by atoms with van der Waals surface area (Å²) < 4.78 is 37.1. The molecule has 2 rings (SSSR count). The van der Waals surface area contributed by atoms with Crippen LogP contribution in [0.3, 0.4) is 0 Å². The Labute approximate surface area is 219 Å². The van der Waals surface area contributed by atoms with E-state index in [1.807, 2.05) is 38.1 Å². The van der Waals surface area contributed by atoms with E-state index in [0.717, 1.165) is 17.6 Å². The van der Waals surface area contributed by atoms with Crippen molar-refractivity contribution in [2.45, 2.75) is 109 Å². The van der Waals surface area contributed by atoms with Gasteiger partial charge in [-0.2, -0.15) is 0 Å². The fourth-order valence-electron chi connectivity index (χ4n) is 4.21. The van der Waals surface area contributed by atoms with E-state index < -0.39 is 14.1 Å². The van der Waals surface area contributed by atoms with Gasteiger partial charge >= 0.3 is 0 Å². The molecule has 1 aromatic rings. The van der Waals surface area contributed by atoms with Crippen LogP contribution in [-0.4, -0.2) is 65.6 Å². The molecule has 1 saturated heterocycles. The van der Waals surface area contributed by atoms with Gasteiger partial charge in [-0.3, -0.25) is 0 Å². The molecule has 1 fully saturated rings. The molecule has 0 bridgehead atoms. The van der Waals surface area contributed by atoms with Crippen molar-refractivity contribution in [3.05, 3.63) is 29.8 Å². The van der Waals surface area contributed by atoms with Gasteiger partial charge in [0.2, 0.25) is 0 Å². The molecule has 0 radical (unpaired) electrons. The molecule has 1 aliphatic heterocycles. The minimum atomic E-state index is -2.16. The van der Waals surface area contributed by atoms with E-state index in [0.29, 0.717) is 26.1 Å². The molecule has 1 aromatic carbocycles. The predicted molar refractivity (Wildman–Crippen MR) is 144 cm³/mol. The molecular formula is C28H48O7Si. The maximum Gasteiger partial charge on any atom is 0.192 e. The van der Waals surface area contributed by atoms with Gasteiger partial charge in [0.15, 0.2) is 14.1 Å². The standard InChI is InChI=1S/C28H48O7Si/c1-20(18-32-19-21-13-15-22(30-7)16-14-21)24(35-36(9,10)27(2,3)4)26-25(33-28(5,6)34-26)23(31-8)12-11-17-29/h13-17,20,23-26H,11-12,18-19H2,1-10H3/t20-,23-,24-,25-,26-/m0/s1. The van der Waals surface area contributed by atoms with Crippen molar-refractivity contribution in [1.82, 2.24) is 0 Å². The van der Waals surface area contributed by atoms with Crippen molar-refractivity contribution < 1.29 is 32.9 Å². The molecule has 0 aromatic heterocycles. The Bertz CT molecular complexity index is 803. The Morgan fingerprint density at radius 3 is 2.22 bits per heavy atom. The summed E-state index contributed by atoms with van der Waals surface area (Å²) in [5, 5.41) is 0.0254. The third kappa shape index (κ3) is 8.36. The molecule has 1 aliphatic rings. The highest BCUT2D eigenvalue weighted by Gasteiger charge is 2.52. The minimum absolute atomic E-state index is 0.0254. The third-order valence-corrected chi connectivity index (χ3v) is 11.8. The van der Waals surface area contributed by atoms with Crippen molar-refractivity contribution in [2.75, 3.05) is 20.8 Å². The SMILES string of the molecule is COc1ccc(COC[C@H](C)[C@H](O[Si](C)(C)C(C)(C)C)[C@@H]2OC(C)(C)O[C@H]2[C@H](CCC=O)OC)cc1. The molecule has 0 aliphatic carbocycles. The largest absolute Gasteiger partial charge is 0.497 e. The first-order valence-electron chi connectivity index (χ1n) is 12.9. The lowest BCUT2D eigenvalue weighted by Crippen LogP contribution is -2.54. The average Bonchev–Trinajstić information content (AvgIpc) is 3.12. The van der Waals surface area contributed by atoms with E-state index in [1.165, 1.54) is 0 Å². The highest BCUT2D eigenvalue weighted by molar-refractivity contribution is 6.74. The Kier molecular flexibility index (Phi) is 11.2. The summed E-state index contributed by atoms with van der Waals surface area (Å²) in [4.78, 5) is 11.1. The van der Waals surface area contributed by atoms with Crippen LogP contribution >= 0.6 is 0 Å². The van der Waals surface area contributed by atoms with Crippen LogP contribution in [0.1, 0.15) is 59.9 Å². The second kappa shape index (κ2) is 13.0. The van der Waals surface area contributed by atoms with Crippen molar-refractivity contribution in [3.63, 3.8) is 0 Å². The zero-order valence-corrected chi connectivity index (χ0v) is 25.0. The summed E-state index contributed by atoms with van der Waals surface area (Å²) in [6, 6.07) is 7.89. The average molecular weight is 525 g/mol. The van der Waals surface area contributed by atoms with Crippen molar-refractivity contribution >= 4 is 14.6 Å². The number of carbonyl (C=O) groups excluding carboxylic acids is 1. The minimum Gasteiger partial charge on any atom is -0.497 e. The van der Waals surface area contributed by atoms with Gasteiger partial charge in [0.05, 0.1) is 32.5 Å². The van der Waals surface area contributed by atoms with Crippen LogP contribution in [0, 0.1) is 5.92 Å². The van der Waals surface area contributed by atoms with Crippen LogP contribution in [0.2, 0.25) is 18.1 Å². The fraction of sp³-hybridized carbons (Fsp3) is 0.750. The first-order chi connectivity index (χ1) is 16.7. The van der Waals surface area contributed by atoms with E-state index >= 15 is 0 Å². The van der Waals surface area contributed by atoms with Gasteiger partial charge in [0.25, 0.3) is 0 Å². The summed E-state index contributed by atoms with van der Waals surface area (Å²) in [7, 11) is 1.16. The Balaban J connectivity index is 2.26. The molecule has 0 amide bonds. The van der Waals surface area contributed by atoms with Crippen LogP contribution in [0.4, 0.5) is 0 Å². The van der Waals surface area contributed by atoms with Gasteiger partial charge in [-0.15, -0.1) is 0 Å². The first kappa shape index (κ1) is 30.9. The Hall–Kier alpha value is -1.29. The number of methoxy groups -OCH3 is 2. The van der Waals surface area contributed by atoms with E-state index in [1.54, 1.807) is 14.2 Å². The molecule has 0 N–H and O–H groups in total. The lowest BCUT2D eigenvalue weighted by molar-refractivity contribution is -0.164. The quantitative estimate of drug-likeness (QED) is 0.227. The summed E-state index contributed by atoms with van der Waals surface area (Å²) in [5.41, 5.74) is 1.08. The normalized spacial score (nSPS) is 22.7. The molecule has 5 atom stereocenters. The monoisotopic (exact) mass is 524 g/mol. The molecular weight excluding hydrogens is 476 g/mol. The van der Waals surface area contributed by atoms with E-state index in [4.69, 9.17) is 28.1 Å². The number of aldehydes is 1. The van der Waals surface area contributed by atoms with E-state index in [2.05, 4.69) is 40.8 Å². The molecule has 36 heavy (non-hydrogen) atoms. The number of ether oxygens (including phenoxy) is 5. The Morgan fingerprint density at radius 1 is 1.08 bits per heavy atom. The van der Waals surface area contributed by atoms with Crippen LogP contribution in [0.5, 0.6) is 5.75 Å². The smallest absolute Gasteiger partial charge is 0.192 e. The third-order valence-electron chi connectivity index (χ3n) is 7.33. The summed E-state index contributed by atoms with van der Waals surface area (Å²) in [6.45, 7) is 18.2. The van der Waals surface area contributed by atoms with Gasteiger partial charge in [0, 0.05) is 19.4 Å². The number of hydrogen-bond donors (Lipinski definition) is 0. The number of hydrogen-bond acceptors (Lipinski definition) is 7. The molecule has 0 unspecified atom stereocenters. The summed E-state index contributed by atoms with van der Waals surface area (Å²) in [6.07, 6.45) is 0.632. The predicted octanol–water partition coefficient (Wildman–Crippen LogP) is 5.75. The van der Waals surface area contributed by atoms with E-state index in [9.17, 15) is 4.79 Å². The molecule has 7 nitrogen and oxygen atoms in total. The van der Waals surface area contributed by atoms with Gasteiger partial charge in [-0.05, 0) is 56.1 Å². The van der Waals surface area contributed by atoms with Crippen LogP contribution in [0.15, 0.2) is 24.3 Å². The number of rotatable bonds is 14. The second-order valence-electron chi connectivity index (χ2n) is 11.8. The van der Waals surface area contributed by atoms with Crippen molar-refractivity contribution in [1.29, 1.82) is 0 Å². The second-order valence-corrected chi connectivity index (χ2v) is 16.5. The lowest BCUT2D eigenvalue weighted by Gasteiger charge is -2.43. The first-order valence-corrected chi connectivity index (χ1v) is 15.9. The zero-order chi connectivity index (χ0) is 27.1. The topological polar surface area (TPSA) is 72.5 Å². The summed E-state index contributed by atoms with van der Waals surface area (Å²) in [5.74, 6) is 0.0710. The zero-order valence-electron chi connectivity index (χ0n) is 24.0. The molecule has 1 heterocycles. The Morgan fingerprint density at radius 2 is 1.69 bits per heavy atom. The molecule has 8 heteroatoms. The van der Waals surface area contributed by atoms with Gasteiger partial charge in [-0.1, -0.05) is 39.8 Å². The van der Waals surface area contributed by atoms with Gasteiger partial charge < -0.3 is 32.9 Å². The highest BCUT2D eigenvalue weighted by atomic mass is 28.4.